The number of likely N-dealkylation sites (N-methyl/N-ethyl adjacent to an activating group) is 1. The highest BCUT2D eigenvalue weighted by Crippen LogP contribution is 2.19. The average molecular weight is 429 g/mol. The second-order valence-electron chi connectivity index (χ2n) is 8.38. The van der Waals surface area contributed by atoms with E-state index in [2.05, 4.69) is 34.9 Å². The summed E-state index contributed by atoms with van der Waals surface area (Å²) in [6.07, 6.45) is -0.548. The fourth-order valence-corrected chi connectivity index (χ4v) is 3.74. The minimum Gasteiger partial charge on any atom is -0.492 e. The minimum absolute atomic E-state index is 0.282. The van der Waals surface area contributed by atoms with Gasteiger partial charge >= 0.3 is 0 Å². The zero-order chi connectivity index (χ0) is 22.1. The van der Waals surface area contributed by atoms with Crippen LogP contribution in [0.5, 0.6) is 11.5 Å². The van der Waals surface area contributed by atoms with Crippen LogP contribution >= 0.6 is 0 Å². The van der Waals surface area contributed by atoms with Crippen LogP contribution in [0.3, 0.4) is 0 Å². The molecule has 6 heteroatoms. The molecule has 1 atom stereocenters. The Morgan fingerprint density at radius 3 is 2.52 bits per heavy atom. The maximum absolute atomic E-state index is 10.4. The van der Waals surface area contributed by atoms with Crippen molar-refractivity contribution in [2.45, 2.75) is 26.5 Å². The monoisotopic (exact) mass is 428 g/mol. The Hall–Kier alpha value is -2.12. The Kier molecular flexibility index (Phi) is 9.15. The van der Waals surface area contributed by atoms with Crippen LogP contribution in [0.4, 0.5) is 0 Å². The predicted molar refractivity (Wildman–Crippen MR) is 123 cm³/mol. The SMILES string of the molecule is Cc1ccc(OC[C@@H](O)CN(C)Cc2ccc(OCCN3CCOCC3)cc2)c(C)c1. The topological polar surface area (TPSA) is 54.4 Å². The van der Waals surface area contributed by atoms with Crippen molar-refractivity contribution in [2.75, 3.05) is 59.7 Å². The molecule has 0 aliphatic carbocycles. The van der Waals surface area contributed by atoms with E-state index < -0.39 is 6.10 Å². The number of nitrogens with zero attached hydrogens (tertiary/aromatic N) is 2. The molecule has 0 saturated carbocycles. The quantitative estimate of drug-likeness (QED) is 0.594. The molecule has 0 amide bonds. The smallest absolute Gasteiger partial charge is 0.122 e. The van der Waals surface area contributed by atoms with Gasteiger partial charge in [-0.1, -0.05) is 29.8 Å². The van der Waals surface area contributed by atoms with E-state index in [0.29, 0.717) is 13.2 Å². The predicted octanol–water partition coefficient (Wildman–Crippen LogP) is 2.89. The molecule has 3 rings (SSSR count). The lowest BCUT2D eigenvalue weighted by molar-refractivity contribution is 0.0322. The standard InChI is InChI=1S/C25H36N2O4/c1-20-4-9-25(21(2)16-20)31-19-23(28)18-26(3)17-22-5-7-24(8-6-22)30-15-12-27-10-13-29-14-11-27/h4-9,16,23,28H,10-15,17-19H2,1-3H3/t23-/m0/s1. The Labute approximate surface area is 186 Å². The van der Waals surface area contributed by atoms with Gasteiger partial charge < -0.3 is 19.3 Å². The summed E-state index contributed by atoms with van der Waals surface area (Å²) in [5.74, 6) is 1.72. The van der Waals surface area contributed by atoms with Crippen LogP contribution in [0.2, 0.25) is 0 Å². The highest BCUT2D eigenvalue weighted by molar-refractivity contribution is 5.35. The molecular weight excluding hydrogens is 392 g/mol. The first kappa shape index (κ1) is 23.5. The molecule has 1 saturated heterocycles. The van der Waals surface area contributed by atoms with E-state index in [4.69, 9.17) is 14.2 Å². The van der Waals surface area contributed by atoms with Gasteiger partial charge in [-0.2, -0.15) is 0 Å². The number of aliphatic hydroxyl groups is 1. The van der Waals surface area contributed by atoms with Crippen molar-refractivity contribution in [2.24, 2.45) is 0 Å². The van der Waals surface area contributed by atoms with E-state index >= 15 is 0 Å². The summed E-state index contributed by atoms with van der Waals surface area (Å²) in [5.41, 5.74) is 3.48. The van der Waals surface area contributed by atoms with Crippen molar-refractivity contribution in [3.8, 4) is 11.5 Å². The molecule has 0 unspecified atom stereocenters. The van der Waals surface area contributed by atoms with Crippen molar-refractivity contribution in [1.29, 1.82) is 0 Å². The van der Waals surface area contributed by atoms with Gasteiger partial charge in [0.2, 0.25) is 0 Å². The summed E-state index contributed by atoms with van der Waals surface area (Å²) >= 11 is 0. The lowest BCUT2D eigenvalue weighted by Gasteiger charge is -2.26. The lowest BCUT2D eigenvalue weighted by atomic mass is 10.1. The fourth-order valence-electron chi connectivity index (χ4n) is 3.74. The summed E-state index contributed by atoms with van der Waals surface area (Å²) < 4.78 is 17.0. The first-order chi connectivity index (χ1) is 15.0. The van der Waals surface area contributed by atoms with Crippen LogP contribution in [-0.2, 0) is 11.3 Å². The highest BCUT2D eigenvalue weighted by Gasteiger charge is 2.12. The number of morpholine rings is 1. The number of benzene rings is 2. The molecule has 0 spiro atoms. The molecule has 0 bridgehead atoms. The Balaban J connectivity index is 1.35. The summed E-state index contributed by atoms with van der Waals surface area (Å²) in [4.78, 5) is 4.46. The van der Waals surface area contributed by atoms with Crippen molar-refractivity contribution in [3.05, 3.63) is 59.2 Å². The van der Waals surface area contributed by atoms with Gasteiger partial charge in [-0.3, -0.25) is 9.80 Å². The molecule has 2 aromatic carbocycles. The Bertz CT molecular complexity index is 791. The number of hydrogen-bond donors (Lipinski definition) is 1. The van der Waals surface area contributed by atoms with E-state index in [1.165, 1.54) is 11.1 Å². The number of aliphatic hydroxyl groups excluding tert-OH is 1. The number of ether oxygens (including phenoxy) is 3. The molecule has 1 aliphatic heterocycles. The third-order valence-electron chi connectivity index (χ3n) is 5.44. The van der Waals surface area contributed by atoms with Crippen LogP contribution < -0.4 is 9.47 Å². The second-order valence-corrected chi connectivity index (χ2v) is 8.38. The third-order valence-corrected chi connectivity index (χ3v) is 5.44. The first-order valence-corrected chi connectivity index (χ1v) is 11.1. The van der Waals surface area contributed by atoms with Crippen LogP contribution in [0.1, 0.15) is 16.7 Å². The summed E-state index contributed by atoms with van der Waals surface area (Å²) in [7, 11) is 2.01. The normalized spacial score (nSPS) is 15.8. The van der Waals surface area contributed by atoms with Gasteiger partial charge in [0.25, 0.3) is 0 Å². The largest absolute Gasteiger partial charge is 0.492 e. The van der Waals surface area contributed by atoms with Crippen LogP contribution in [-0.4, -0.2) is 80.7 Å². The molecule has 1 N–H and O–H groups in total. The highest BCUT2D eigenvalue weighted by atomic mass is 16.5. The van der Waals surface area contributed by atoms with E-state index in [0.717, 1.165) is 56.5 Å². The second kappa shape index (κ2) is 12.1. The summed E-state index contributed by atoms with van der Waals surface area (Å²) in [6, 6.07) is 14.3. The maximum atomic E-state index is 10.4. The average Bonchev–Trinajstić information content (AvgIpc) is 2.75. The molecule has 31 heavy (non-hydrogen) atoms. The fraction of sp³-hybridized carbons (Fsp3) is 0.520. The van der Waals surface area contributed by atoms with Gasteiger partial charge in [-0.05, 0) is 50.2 Å². The van der Waals surface area contributed by atoms with E-state index in [1.807, 2.05) is 38.2 Å². The number of aryl methyl sites for hydroxylation is 2. The van der Waals surface area contributed by atoms with Gasteiger partial charge in [0, 0.05) is 32.7 Å². The van der Waals surface area contributed by atoms with Crippen LogP contribution in [0.25, 0.3) is 0 Å². The molecule has 1 heterocycles. The Morgan fingerprint density at radius 1 is 1.06 bits per heavy atom. The van der Waals surface area contributed by atoms with Crippen molar-refractivity contribution in [3.63, 3.8) is 0 Å². The van der Waals surface area contributed by atoms with Crippen LogP contribution in [0.15, 0.2) is 42.5 Å². The molecule has 2 aromatic rings. The molecule has 0 aromatic heterocycles. The molecule has 170 valence electrons. The van der Waals surface area contributed by atoms with Gasteiger partial charge in [-0.15, -0.1) is 0 Å². The van der Waals surface area contributed by atoms with Crippen molar-refractivity contribution in [1.82, 2.24) is 9.80 Å². The van der Waals surface area contributed by atoms with E-state index in [9.17, 15) is 5.11 Å². The molecule has 0 radical (unpaired) electrons. The molecule has 1 fully saturated rings. The lowest BCUT2D eigenvalue weighted by Crippen LogP contribution is -2.38. The van der Waals surface area contributed by atoms with Gasteiger partial charge in [-0.25, -0.2) is 0 Å². The number of rotatable bonds is 11. The van der Waals surface area contributed by atoms with E-state index in [-0.39, 0.29) is 6.61 Å². The van der Waals surface area contributed by atoms with Gasteiger partial charge in [0.05, 0.1) is 13.2 Å². The van der Waals surface area contributed by atoms with Crippen LogP contribution in [0, 0.1) is 13.8 Å². The summed E-state index contributed by atoms with van der Waals surface area (Å²) in [6.45, 7) is 10.9. The Morgan fingerprint density at radius 2 is 1.81 bits per heavy atom. The summed E-state index contributed by atoms with van der Waals surface area (Å²) in [5, 5.41) is 10.4. The molecule has 1 aliphatic rings. The minimum atomic E-state index is -0.548. The van der Waals surface area contributed by atoms with Gasteiger partial charge in [0.1, 0.15) is 30.8 Å². The zero-order valence-corrected chi connectivity index (χ0v) is 19.0. The molecular formula is C25H36N2O4. The number of hydrogen-bond acceptors (Lipinski definition) is 6. The van der Waals surface area contributed by atoms with Crippen molar-refractivity contribution < 1.29 is 19.3 Å². The zero-order valence-electron chi connectivity index (χ0n) is 19.0. The first-order valence-electron chi connectivity index (χ1n) is 11.1. The molecule has 6 nitrogen and oxygen atoms in total. The van der Waals surface area contributed by atoms with Crippen molar-refractivity contribution >= 4 is 0 Å². The van der Waals surface area contributed by atoms with Gasteiger partial charge in [0.15, 0.2) is 0 Å². The van der Waals surface area contributed by atoms with E-state index in [1.54, 1.807) is 0 Å². The third kappa shape index (κ3) is 8.15. The maximum Gasteiger partial charge on any atom is 0.122 e.